The summed E-state index contributed by atoms with van der Waals surface area (Å²) in [4.78, 5) is 27.9. The number of nitro benzene ring substituents is 1. The van der Waals surface area contributed by atoms with Crippen LogP contribution in [-0.4, -0.2) is 15.8 Å². The third-order valence-corrected chi connectivity index (χ3v) is 5.74. The van der Waals surface area contributed by atoms with Gasteiger partial charge in [-0.05, 0) is 67.1 Å². The van der Waals surface area contributed by atoms with Gasteiger partial charge >= 0.3 is 0 Å². The lowest BCUT2D eigenvalue weighted by Gasteiger charge is -2.06. The van der Waals surface area contributed by atoms with Gasteiger partial charge in [0.1, 0.15) is 17.0 Å². The predicted octanol–water partition coefficient (Wildman–Crippen LogP) is 7.28. The van der Waals surface area contributed by atoms with E-state index in [4.69, 9.17) is 20.4 Å². The number of furan rings is 1. The van der Waals surface area contributed by atoms with Crippen molar-refractivity contribution < 1.29 is 18.6 Å². The molecule has 178 valence electrons. The number of para-hydroxylation sites is 1. The van der Waals surface area contributed by atoms with E-state index >= 15 is 0 Å². The van der Waals surface area contributed by atoms with Crippen LogP contribution in [0.1, 0.15) is 11.3 Å². The molecular formula is C27H18ClN3O5. The minimum atomic E-state index is -0.472. The molecule has 0 unspecified atom stereocenters. The van der Waals surface area contributed by atoms with Gasteiger partial charge in [-0.15, -0.1) is 0 Å². The van der Waals surface area contributed by atoms with E-state index in [9.17, 15) is 14.9 Å². The maximum Gasteiger partial charge on any atom is 0.280 e. The number of nitro groups is 1. The molecule has 0 aliphatic carbocycles. The highest BCUT2D eigenvalue weighted by Crippen LogP contribution is 2.32. The summed E-state index contributed by atoms with van der Waals surface area (Å²) in [5.41, 5.74) is 3.82. The minimum Gasteiger partial charge on any atom is -0.456 e. The van der Waals surface area contributed by atoms with Gasteiger partial charge in [0.2, 0.25) is 11.8 Å². The van der Waals surface area contributed by atoms with Crippen LogP contribution in [0.4, 0.5) is 11.4 Å². The number of benzene rings is 3. The van der Waals surface area contributed by atoms with Gasteiger partial charge in [0, 0.05) is 17.7 Å². The number of fused-ring (bicyclic) bond motifs is 1. The average Bonchev–Trinajstić information content (AvgIpc) is 3.51. The molecule has 8 nitrogen and oxygen atoms in total. The summed E-state index contributed by atoms with van der Waals surface area (Å²) in [6.07, 6.45) is 2.75. The van der Waals surface area contributed by atoms with Crippen LogP contribution >= 0.6 is 11.6 Å². The maximum atomic E-state index is 12.6. The molecule has 5 aromatic rings. The molecule has 0 fully saturated rings. The number of rotatable bonds is 6. The molecule has 2 aromatic heterocycles. The van der Waals surface area contributed by atoms with E-state index in [1.54, 1.807) is 48.5 Å². The summed E-state index contributed by atoms with van der Waals surface area (Å²) in [7, 11) is 0. The number of hydrogen-bond donors (Lipinski definition) is 1. The van der Waals surface area contributed by atoms with Crippen molar-refractivity contribution >= 4 is 46.1 Å². The van der Waals surface area contributed by atoms with Crippen LogP contribution in [0.5, 0.6) is 0 Å². The van der Waals surface area contributed by atoms with Gasteiger partial charge in [0.05, 0.1) is 21.2 Å². The molecule has 0 radical (unpaired) electrons. The first-order valence-electron chi connectivity index (χ1n) is 10.9. The second-order valence-corrected chi connectivity index (χ2v) is 8.39. The van der Waals surface area contributed by atoms with Crippen molar-refractivity contribution in [2.75, 3.05) is 5.32 Å². The first-order valence-corrected chi connectivity index (χ1v) is 11.2. The number of halogens is 1. The number of carbonyl (C=O) groups is 1. The molecule has 1 amide bonds. The Morgan fingerprint density at radius 3 is 2.72 bits per heavy atom. The Morgan fingerprint density at radius 2 is 1.89 bits per heavy atom. The lowest BCUT2D eigenvalue weighted by atomic mass is 10.1. The first kappa shape index (κ1) is 23.1. The molecule has 0 bridgehead atoms. The number of amides is 1. The van der Waals surface area contributed by atoms with Crippen LogP contribution in [0.25, 0.3) is 40.0 Å². The smallest absolute Gasteiger partial charge is 0.280 e. The van der Waals surface area contributed by atoms with Crippen LogP contribution in [0, 0.1) is 17.0 Å². The van der Waals surface area contributed by atoms with Crippen LogP contribution < -0.4 is 5.32 Å². The van der Waals surface area contributed by atoms with E-state index in [1.165, 1.54) is 18.2 Å². The van der Waals surface area contributed by atoms with E-state index in [0.29, 0.717) is 44.8 Å². The highest BCUT2D eigenvalue weighted by molar-refractivity contribution is 6.34. The fourth-order valence-electron chi connectivity index (χ4n) is 3.68. The highest BCUT2D eigenvalue weighted by atomic mass is 35.5. The van der Waals surface area contributed by atoms with Crippen molar-refractivity contribution in [3.05, 3.63) is 105 Å². The lowest BCUT2D eigenvalue weighted by molar-refractivity contribution is -0.384. The summed E-state index contributed by atoms with van der Waals surface area (Å²) in [5.74, 6) is 0.661. The molecule has 3 aromatic carbocycles. The molecule has 5 rings (SSSR count). The van der Waals surface area contributed by atoms with E-state index < -0.39 is 10.8 Å². The van der Waals surface area contributed by atoms with Crippen molar-refractivity contribution in [3.8, 4) is 22.8 Å². The van der Waals surface area contributed by atoms with Gasteiger partial charge in [0.25, 0.3) is 5.69 Å². The molecule has 0 spiro atoms. The van der Waals surface area contributed by atoms with Crippen molar-refractivity contribution in [2.45, 2.75) is 6.92 Å². The molecule has 0 saturated heterocycles. The van der Waals surface area contributed by atoms with E-state index in [2.05, 4.69) is 10.3 Å². The quantitative estimate of drug-likeness (QED) is 0.149. The Hall–Kier alpha value is -4.69. The third-order valence-electron chi connectivity index (χ3n) is 5.41. The number of nitrogens with zero attached hydrogens (tertiary/aromatic N) is 2. The molecule has 9 heteroatoms. The number of aromatic nitrogens is 1. The summed E-state index contributed by atoms with van der Waals surface area (Å²) in [6.45, 7) is 1.98. The summed E-state index contributed by atoms with van der Waals surface area (Å²) in [6, 6.07) is 20.4. The topological polar surface area (TPSA) is 111 Å². The Morgan fingerprint density at radius 1 is 1.06 bits per heavy atom. The van der Waals surface area contributed by atoms with Crippen LogP contribution in [0.2, 0.25) is 5.02 Å². The van der Waals surface area contributed by atoms with Crippen molar-refractivity contribution in [1.82, 2.24) is 4.98 Å². The Balaban J connectivity index is 1.33. The zero-order valence-corrected chi connectivity index (χ0v) is 19.7. The first-order chi connectivity index (χ1) is 17.4. The van der Waals surface area contributed by atoms with E-state index in [1.807, 2.05) is 25.1 Å². The summed E-state index contributed by atoms with van der Waals surface area (Å²) >= 11 is 6.29. The molecule has 1 N–H and O–H groups in total. The Labute approximate surface area is 210 Å². The molecular weight excluding hydrogens is 482 g/mol. The summed E-state index contributed by atoms with van der Waals surface area (Å²) in [5, 5.41) is 14.4. The number of anilines is 1. The monoisotopic (exact) mass is 499 g/mol. The highest BCUT2D eigenvalue weighted by Gasteiger charge is 2.17. The van der Waals surface area contributed by atoms with Crippen molar-refractivity contribution in [3.63, 3.8) is 0 Å². The Kier molecular flexibility index (Phi) is 6.10. The average molecular weight is 500 g/mol. The maximum absolute atomic E-state index is 12.6. The molecule has 0 aliphatic rings. The van der Waals surface area contributed by atoms with Crippen molar-refractivity contribution in [2.24, 2.45) is 0 Å². The van der Waals surface area contributed by atoms with Gasteiger partial charge in [0.15, 0.2) is 5.58 Å². The summed E-state index contributed by atoms with van der Waals surface area (Å²) < 4.78 is 11.5. The zero-order chi connectivity index (χ0) is 25.2. The van der Waals surface area contributed by atoms with Crippen LogP contribution in [0.15, 0.2) is 87.7 Å². The minimum absolute atomic E-state index is 0.0660. The Bertz CT molecular complexity index is 1650. The largest absolute Gasteiger partial charge is 0.456 e. The third kappa shape index (κ3) is 4.75. The molecule has 2 heterocycles. The van der Waals surface area contributed by atoms with Crippen LogP contribution in [-0.2, 0) is 4.79 Å². The SMILES string of the molecule is Cc1ccc2oc(-c3ccc(Cl)c(NC(=O)/C=C/c4ccc(-c5ccccc5[N+](=O)[O-])o4)c3)nc2c1. The molecule has 0 atom stereocenters. The van der Waals surface area contributed by atoms with Crippen molar-refractivity contribution in [1.29, 1.82) is 0 Å². The normalized spacial score (nSPS) is 11.3. The molecule has 0 saturated carbocycles. The second kappa shape index (κ2) is 9.52. The number of hydrogen-bond acceptors (Lipinski definition) is 6. The van der Waals surface area contributed by atoms with E-state index in [0.717, 1.165) is 11.1 Å². The number of nitrogens with one attached hydrogen (secondary N) is 1. The fourth-order valence-corrected chi connectivity index (χ4v) is 3.84. The molecule has 0 aliphatic heterocycles. The van der Waals surface area contributed by atoms with E-state index in [-0.39, 0.29) is 5.69 Å². The number of oxazole rings is 1. The van der Waals surface area contributed by atoms with Gasteiger partial charge in [-0.1, -0.05) is 29.8 Å². The zero-order valence-electron chi connectivity index (χ0n) is 18.9. The number of aryl methyl sites for hydroxylation is 1. The number of carbonyl (C=O) groups excluding carboxylic acids is 1. The fraction of sp³-hybridized carbons (Fsp3) is 0.0370. The van der Waals surface area contributed by atoms with Gasteiger partial charge in [-0.2, -0.15) is 0 Å². The predicted molar refractivity (Wildman–Crippen MR) is 138 cm³/mol. The molecule has 36 heavy (non-hydrogen) atoms. The van der Waals surface area contributed by atoms with Gasteiger partial charge in [-0.3, -0.25) is 14.9 Å². The van der Waals surface area contributed by atoms with Crippen LogP contribution in [0.3, 0.4) is 0 Å². The van der Waals surface area contributed by atoms with Gasteiger partial charge < -0.3 is 14.2 Å². The second-order valence-electron chi connectivity index (χ2n) is 7.98. The standard InChI is InChI=1S/C27H18ClN3O5/c1-16-6-11-25-22(14-16)30-27(36-25)17-7-10-20(28)21(15-17)29-26(32)13-9-18-8-12-24(35-18)19-4-2-3-5-23(19)31(33)34/h2-15H,1H3,(H,29,32)/b13-9+. The van der Waals surface area contributed by atoms with Gasteiger partial charge in [-0.25, -0.2) is 4.98 Å². The lowest BCUT2D eigenvalue weighted by Crippen LogP contribution is -2.08.